The maximum Gasteiger partial charge on any atom is 0.216 e. The Balaban J connectivity index is 1.47. The first-order valence-electron chi connectivity index (χ1n) is 8.78. The summed E-state index contributed by atoms with van der Waals surface area (Å²) in [5, 5.41) is 7.85. The number of benzene rings is 1. The number of aryl methyl sites for hydroxylation is 2. The number of ether oxygens (including phenoxy) is 3. The van der Waals surface area contributed by atoms with Crippen LogP contribution in [0, 0.1) is 6.92 Å². The van der Waals surface area contributed by atoms with Crippen molar-refractivity contribution in [2.45, 2.75) is 39.0 Å². The monoisotopic (exact) mass is 345 g/mol. The lowest BCUT2D eigenvalue weighted by molar-refractivity contribution is 0.0679. The van der Waals surface area contributed by atoms with Crippen LogP contribution in [0.15, 0.2) is 24.3 Å². The summed E-state index contributed by atoms with van der Waals surface area (Å²) < 4.78 is 18.6. The molecule has 1 saturated heterocycles. The minimum Gasteiger partial charge on any atom is -0.491 e. The van der Waals surface area contributed by atoms with Gasteiger partial charge >= 0.3 is 0 Å². The first kappa shape index (κ1) is 17.8. The van der Waals surface area contributed by atoms with Crippen LogP contribution in [0.5, 0.6) is 11.6 Å². The summed E-state index contributed by atoms with van der Waals surface area (Å²) in [6, 6.07) is 8.21. The van der Waals surface area contributed by atoms with Gasteiger partial charge in [-0.3, -0.25) is 0 Å². The van der Waals surface area contributed by atoms with Gasteiger partial charge in [-0.25, -0.2) is 4.68 Å². The van der Waals surface area contributed by atoms with Gasteiger partial charge in [-0.2, -0.15) is 5.10 Å². The molecule has 1 aromatic carbocycles. The summed E-state index contributed by atoms with van der Waals surface area (Å²) in [7, 11) is 3.57. The Morgan fingerprint density at radius 3 is 2.76 bits per heavy atom. The van der Waals surface area contributed by atoms with E-state index in [1.165, 1.54) is 5.56 Å². The highest BCUT2D eigenvalue weighted by atomic mass is 16.5. The number of hydrogen-bond donors (Lipinski definition) is 1. The molecule has 0 unspecified atom stereocenters. The van der Waals surface area contributed by atoms with Crippen molar-refractivity contribution in [1.29, 1.82) is 0 Å². The van der Waals surface area contributed by atoms with Crippen LogP contribution in [0.1, 0.15) is 29.7 Å². The number of nitrogens with zero attached hydrogens (tertiary/aromatic N) is 2. The number of rotatable bonds is 8. The van der Waals surface area contributed by atoms with Gasteiger partial charge in [-0.1, -0.05) is 12.1 Å². The van der Waals surface area contributed by atoms with Crippen molar-refractivity contribution < 1.29 is 14.2 Å². The highest BCUT2D eigenvalue weighted by molar-refractivity contribution is 5.31. The summed E-state index contributed by atoms with van der Waals surface area (Å²) in [6.07, 6.45) is 2.48. The molecule has 136 valence electrons. The number of nitrogens with one attached hydrogen (secondary N) is 1. The summed E-state index contributed by atoms with van der Waals surface area (Å²) in [4.78, 5) is 0. The Bertz CT molecular complexity index is 676. The molecule has 1 aliphatic heterocycles. The molecule has 0 spiro atoms. The van der Waals surface area contributed by atoms with Gasteiger partial charge in [-0.05, 0) is 37.5 Å². The Hall–Kier alpha value is -2.05. The molecule has 0 amide bonds. The van der Waals surface area contributed by atoms with Crippen molar-refractivity contribution in [3.8, 4) is 11.6 Å². The van der Waals surface area contributed by atoms with Gasteiger partial charge < -0.3 is 19.5 Å². The first-order chi connectivity index (χ1) is 12.2. The predicted octanol–water partition coefficient (Wildman–Crippen LogP) is 2.58. The van der Waals surface area contributed by atoms with Crippen molar-refractivity contribution in [1.82, 2.24) is 15.1 Å². The van der Waals surface area contributed by atoms with Crippen LogP contribution in [0.25, 0.3) is 0 Å². The quantitative estimate of drug-likeness (QED) is 0.797. The second-order valence-electron chi connectivity index (χ2n) is 6.39. The van der Waals surface area contributed by atoms with E-state index >= 15 is 0 Å². The van der Waals surface area contributed by atoms with Crippen LogP contribution >= 0.6 is 0 Å². The van der Waals surface area contributed by atoms with Crippen LogP contribution < -0.4 is 14.8 Å². The fraction of sp³-hybridized carbons (Fsp3) is 0.526. The lowest BCUT2D eigenvalue weighted by Crippen LogP contribution is -2.16. The number of methoxy groups -OCH3 is 1. The van der Waals surface area contributed by atoms with E-state index in [0.29, 0.717) is 6.61 Å². The van der Waals surface area contributed by atoms with Crippen molar-refractivity contribution in [2.24, 2.45) is 7.05 Å². The Labute approximate surface area is 149 Å². The summed E-state index contributed by atoms with van der Waals surface area (Å²) in [5.41, 5.74) is 3.30. The summed E-state index contributed by atoms with van der Waals surface area (Å²) in [5.74, 6) is 1.70. The van der Waals surface area contributed by atoms with E-state index in [1.807, 2.05) is 26.1 Å². The lowest BCUT2D eigenvalue weighted by Gasteiger charge is -2.12. The molecule has 0 saturated carbocycles. The molecule has 0 bridgehead atoms. The second kappa shape index (κ2) is 8.36. The van der Waals surface area contributed by atoms with E-state index in [-0.39, 0.29) is 6.10 Å². The topological polar surface area (TPSA) is 57.5 Å². The minimum absolute atomic E-state index is 0.249. The van der Waals surface area contributed by atoms with Crippen molar-refractivity contribution in [2.75, 3.05) is 20.3 Å². The van der Waals surface area contributed by atoms with E-state index in [4.69, 9.17) is 14.2 Å². The zero-order valence-corrected chi connectivity index (χ0v) is 15.2. The molecule has 2 aromatic rings. The zero-order chi connectivity index (χ0) is 17.6. The second-order valence-corrected chi connectivity index (χ2v) is 6.39. The fourth-order valence-electron chi connectivity index (χ4n) is 3.14. The maximum absolute atomic E-state index is 5.79. The molecule has 6 heteroatoms. The molecule has 1 N–H and O–H groups in total. The van der Waals surface area contributed by atoms with E-state index in [9.17, 15) is 0 Å². The van der Waals surface area contributed by atoms with Gasteiger partial charge in [0.25, 0.3) is 0 Å². The zero-order valence-electron chi connectivity index (χ0n) is 15.2. The van der Waals surface area contributed by atoms with E-state index in [2.05, 4.69) is 22.5 Å². The molecular weight excluding hydrogens is 318 g/mol. The van der Waals surface area contributed by atoms with E-state index in [0.717, 1.165) is 55.4 Å². The molecule has 0 radical (unpaired) electrons. The van der Waals surface area contributed by atoms with Crippen molar-refractivity contribution in [3.05, 3.63) is 41.1 Å². The first-order valence-corrected chi connectivity index (χ1v) is 8.78. The average Bonchev–Trinajstić information content (AvgIpc) is 3.22. The molecule has 25 heavy (non-hydrogen) atoms. The summed E-state index contributed by atoms with van der Waals surface area (Å²) in [6.45, 7) is 5.00. The maximum atomic E-state index is 5.79. The SMILES string of the molecule is COc1c(CNCc2ccc(OC[C@@H]3CCCO3)cc2)c(C)nn1C. The molecule has 1 atom stereocenters. The van der Waals surface area contributed by atoms with E-state index < -0.39 is 0 Å². The fourth-order valence-corrected chi connectivity index (χ4v) is 3.14. The average molecular weight is 345 g/mol. The van der Waals surface area contributed by atoms with Gasteiger partial charge in [0.2, 0.25) is 5.88 Å². The molecule has 3 rings (SSSR count). The third kappa shape index (κ3) is 4.52. The third-order valence-electron chi connectivity index (χ3n) is 4.50. The molecule has 1 aliphatic rings. The van der Waals surface area contributed by atoms with E-state index in [1.54, 1.807) is 11.8 Å². The molecule has 6 nitrogen and oxygen atoms in total. The minimum atomic E-state index is 0.249. The van der Waals surface area contributed by atoms with Crippen LogP contribution in [0.3, 0.4) is 0 Å². The Morgan fingerprint density at radius 2 is 2.08 bits per heavy atom. The highest BCUT2D eigenvalue weighted by Gasteiger charge is 2.16. The van der Waals surface area contributed by atoms with Gasteiger partial charge in [0, 0.05) is 26.7 Å². The van der Waals surface area contributed by atoms with Crippen molar-refractivity contribution in [3.63, 3.8) is 0 Å². The smallest absolute Gasteiger partial charge is 0.216 e. The molecular formula is C19H27N3O3. The Morgan fingerprint density at radius 1 is 1.28 bits per heavy atom. The van der Waals surface area contributed by atoms with Crippen LogP contribution in [0.2, 0.25) is 0 Å². The highest BCUT2D eigenvalue weighted by Crippen LogP contribution is 2.21. The molecule has 0 aliphatic carbocycles. The number of aromatic nitrogens is 2. The number of hydrogen-bond acceptors (Lipinski definition) is 5. The van der Waals surface area contributed by atoms with Gasteiger partial charge in [0.15, 0.2) is 0 Å². The largest absolute Gasteiger partial charge is 0.491 e. The lowest BCUT2D eigenvalue weighted by atomic mass is 10.2. The van der Waals surface area contributed by atoms with Gasteiger partial charge in [0.1, 0.15) is 12.4 Å². The summed E-state index contributed by atoms with van der Waals surface area (Å²) >= 11 is 0. The molecule has 1 fully saturated rings. The van der Waals surface area contributed by atoms with Gasteiger partial charge in [-0.15, -0.1) is 0 Å². The van der Waals surface area contributed by atoms with Crippen molar-refractivity contribution >= 4 is 0 Å². The standard InChI is InChI=1S/C19H27N3O3/c1-14-18(19(23-3)22(2)21-14)12-20-11-15-6-8-16(9-7-15)25-13-17-5-4-10-24-17/h6-9,17,20H,4-5,10-13H2,1-3H3/t17-/m0/s1. The predicted molar refractivity (Wildman–Crippen MR) is 96.0 cm³/mol. The van der Waals surface area contributed by atoms with Crippen LogP contribution in [-0.2, 0) is 24.9 Å². The van der Waals surface area contributed by atoms with Crippen LogP contribution in [-0.4, -0.2) is 36.2 Å². The third-order valence-corrected chi connectivity index (χ3v) is 4.50. The van der Waals surface area contributed by atoms with Crippen LogP contribution in [0.4, 0.5) is 0 Å². The molecule has 2 heterocycles. The normalized spacial score (nSPS) is 17.0. The Kier molecular flexibility index (Phi) is 5.94. The molecule has 1 aromatic heterocycles. The van der Waals surface area contributed by atoms with Gasteiger partial charge in [0.05, 0.1) is 24.5 Å².